The molecule has 0 spiro atoms. The highest BCUT2D eigenvalue weighted by Gasteiger charge is 2.23. The third kappa shape index (κ3) is 3.42. The van der Waals surface area contributed by atoms with Crippen molar-refractivity contribution in [1.29, 1.82) is 0 Å². The molecule has 0 aliphatic carbocycles. The van der Waals surface area contributed by atoms with Crippen molar-refractivity contribution >= 4 is 44.7 Å². The summed E-state index contributed by atoms with van der Waals surface area (Å²) < 4.78 is 1.02. The second-order valence-corrected chi connectivity index (χ2v) is 7.92. The van der Waals surface area contributed by atoms with Crippen LogP contribution < -0.4 is 10.2 Å². The van der Waals surface area contributed by atoms with Gasteiger partial charge in [0.15, 0.2) is 5.69 Å². The van der Waals surface area contributed by atoms with Crippen molar-refractivity contribution in [1.82, 2.24) is 15.0 Å². The van der Waals surface area contributed by atoms with E-state index in [4.69, 9.17) is 0 Å². The summed E-state index contributed by atoms with van der Waals surface area (Å²) in [6, 6.07) is 15.1. The third-order valence-electron chi connectivity index (χ3n) is 4.90. The van der Waals surface area contributed by atoms with Crippen LogP contribution in [0.4, 0.5) is 11.4 Å². The monoisotopic (exact) mass is 415 g/mol. The van der Waals surface area contributed by atoms with Gasteiger partial charge in [-0.05, 0) is 36.8 Å². The molecule has 3 heterocycles. The number of hydrogen-bond donors (Lipinski definition) is 1. The Labute approximate surface area is 176 Å². The molecule has 7 nitrogen and oxygen atoms in total. The first-order valence-corrected chi connectivity index (χ1v) is 10.4. The van der Waals surface area contributed by atoms with Crippen LogP contribution in [0.3, 0.4) is 0 Å². The van der Waals surface area contributed by atoms with E-state index in [-0.39, 0.29) is 17.5 Å². The number of anilines is 2. The fraction of sp³-hybridized carbons (Fsp3) is 0.136. The topological polar surface area (TPSA) is 88.1 Å². The van der Waals surface area contributed by atoms with Gasteiger partial charge < -0.3 is 10.2 Å². The van der Waals surface area contributed by atoms with Gasteiger partial charge >= 0.3 is 0 Å². The summed E-state index contributed by atoms with van der Waals surface area (Å²) >= 11 is 1.47. The highest BCUT2D eigenvalue weighted by molar-refractivity contribution is 7.21. The Morgan fingerprint density at radius 1 is 1.07 bits per heavy atom. The second kappa shape index (κ2) is 7.64. The minimum absolute atomic E-state index is 0.102. The Bertz CT molecular complexity index is 1240. The van der Waals surface area contributed by atoms with E-state index < -0.39 is 0 Å². The van der Waals surface area contributed by atoms with Gasteiger partial charge in [-0.1, -0.05) is 18.2 Å². The number of carbonyl (C=O) groups excluding carboxylic acids is 2. The van der Waals surface area contributed by atoms with Crippen LogP contribution in [0.5, 0.6) is 0 Å². The van der Waals surface area contributed by atoms with E-state index in [0.29, 0.717) is 29.4 Å². The fourth-order valence-corrected chi connectivity index (χ4v) is 4.46. The summed E-state index contributed by atoms with van der Waals surface area (Å²) in [6.45, 7) is 0.697. The lowest BCUT2D eigenvalue weighted by Crippen LogP contribution is -2.23. The molecular formula is C22H17N5O2S. The molecule has 4 aromatic rings. The number of nitrogens with one attached hydrogen (secondary N) is 1. The second-order valence-electron chi connectivity index (χ2n) is 6.89. The summed E-state index contributed by atoms with van der Waals surface area (Å²) in [5.41, 5.74) is 2.89. The fourth-order valence-electron chi connectivity index (χ4n) is 3.50. The number of carbonyl (C=O) groups is 2. The average molecular weight is 415 g/mol. The van der Waals surface area contributed by atoms with Crippen molar-refractivity contribution in [3.05, 3.63) is 66.6 Å². The Morgan fingerprint density at radius 2 is 1.93 bits per heavy atom. The summed E-state index contributed by atoms with van der Waals surface area (Å²) in [5.74, 6) is -0.271. The molecular weight excluding hydrogens is 398 g/mol. The van der Waals surface area contributed by atoms with E-state index in [1.807, 2.05) is 36.4 Å². The molecule has 30 heavy (non-hydrogen) atoms. The van der Waals surface area contributed by atoms with Gasteiger partial charge in [-0.3, -0.25) is 9.59 Å². The molecule has 0 bridgehead atoms. The van der Waals surface area contributed by atoms with Gasteiger partial charge in [0, 0.05) is 36.7 Å². The van der Waals surface area contributed by atoms with Crippen molar-refractivity contribution in [2.24, 2.45) is 0 Å². The van der Waals surface area contributed by atoms with Crippen molar-refractivity contribution in [3.63, 3.8) is 0 Å². The zero-order valence-electron chi connectivity index (χ0n) is 15.9. The van der Waals surface area contributed by atoms with Crippen LogP contribution >= 0.6 is 11.3 Å². The Balaban J connectivity index is 1.44. The number of thiazole rings is 1. The van der Waals surface area contributed by atoms with Crippen LogP contribution in [0, 0.1) is 0 Å². The number of para-hydroxylation sites is 1. The molecule has 0 unspecified atom stereocenters. The number of amides is 2. The van der Waals surface area contributed by atoms with E-state index in [1.165, 1.54) is 17.5 Å². The van der Waals surface area contributed by atoms with Crippen molar-refractivity contribution in [2.45, 2.75) is 12.8 Å². The molecule has 1 aliphatic rings. The molecule has 0 atom stereocenters. The minimum atomic E-state index is -0.373. The lowest BCUT2D eigenvalue weighted by atomic mass is 10.2. The van der Waals surface area contributed by atoms with Crippen molar-refractivity contribution in [2.75, 3.05) is 16.8 Å². The third-order valence-corrected chi connectivity index (χ3v) is 5.94. The molecule has 1 N–H and O–H groups in total. The van der Waals surface area contributed by atoms with E-state index in [2.05, 4.69) is 20.3 Å². The molecule has 1 aliphatic heterocycles. The van der Waals surface area contributed by atoms with E-state index in [9.17, 15) is 9.59 Å². The first-order valence-electron chi connectivity index (χ1n) is 9.58. The summed E-state index contributed by atoms with van der Waals surface area (Å²) in [4.78, 5) is 40.0. The Morgan fingerprint density at radius 3 is 2.77 bits per heavy atom. The van der Waals surface area contributed by atoms with Crippen molar-refractivity contribution in [3.8, 4) is 10.7 Å². The maximum Gasteiger partial charge on any atom is 0.276 e. The standard InChI is InChI=1S/C22H17N5O2S/c28-18-9-4-12-27(18)15-6-3-5-14(13-15)25-21(29)19-20(24-11-10-23-19)22-26-16-7-1-2-8-17(16)30-22/h1-3,5-8,10-11,13H,4,9,12H2,(H,25,29). The maximum absolute atomic E-state index is 13.0. The van der Waals surface area contributed by atoms with E-state index in [1.54, 1.807) is 23.2 Å². The molecule has 1 fully saturated rings. The smallest absolute Gasteiger partial charge is 0.276 e. The number of aromatic nitrogens is 3. The summed E-state index contributed by atoms with van der Waals surface area (Å²) in [7, 11) is 0. The SMILES string of the molecule is O=C(Nc1cccc(N2CCCC2=O)c1)c1nccnc1-c1nc2ccccc2s1. The first-order chi connectivity index (χ1) is 14.7. The lowest BCUT2D eigenvalue weighted by molar-refractivity contribution is -0.117. The number of fused-ring (bicyclic) bond motifs is 1. The average Bonchev–Trinajstić information content (AvgIpc) is 3.40. The summed E-state index contributed by atoms with van der Waals surface area (Å²) in [5, 5.41) is 3.52. The van der Waals surface area contributed by atoms with Gasteiger partial charge in [0.05, 0.1) is 10.2 Å². The zero-order valence-corrected chi connectivity index (χ0v) is 16.7. The van der Waals surface area contributed by atoms with Gasteiger partial charge in [0.25, 0.3) is 5.91 Å². The van der Waals surface area contributed by atoms with Crippen molar-refractivity contribution < 1.29 is 9.59 Å². The summed E-state index contributed by atoms with van der Waals surface area (Å²) in [6.07, 6.45) is 4.45. The Kier molecular flexibility index (Phi) is 4.68. The maximum atomic E-state index is 13.0. The molecule has 2 amide bonds. The van der Waals surface area contributed by atoms with Crippen LogP contribution in [0.1, 0.15) is 23.3 Å². The lowest BCUT2D eigenvalue weighted by Gasteiger charge is -2.16. The molecule has 148 valence electrons. The van der Waals surface area contributed by atoms with Crippen LogP contribution in [0.25, 0.3) is 20.9 Å². The molecule has 2 aromatic carbocycles. The highest BCUT2D eigenvalue weighted by Crippen LogP contribution is 2.30. The number of benzene rings is 2. The first kappa shape index (κ1) is 18.4. The van der Waals surface area contributed by atoms with E-state index in [0.717, 1.165) is 22.3 Å². The molecule has 0 saturated carbocycles. The quantitative estimate of drug-likeness (QED) is 0.541. The molecule has 5 rings (SSSR count). The molecule has 1 saturated heterocycles. The largest absolute Gasteiger partial charge is 0.321 e. The zero-order chi connectivity index (χ0) is 20.5. The molecule has 8 heteroatoms. The van der Waals surface area contributed by atoms with Crippen LogP contribution in [0.2, 0.25) is 0 Å². The molecule has 0 radical (unpaired) electrons. The number of hydrogen-bond acceptors (Lipinski definition) is 6. The van der Waals surface area contributed by atoms with Gasteiger partial charge in [0.2, 0.25) is 5.91 Å². The van der Waals surface area contributed by atoms with Gasteiger partial charge in [-0.25, -0.2) is 15.0 Å². The predicted molar refractivity (Wildman–Crippen MR) is 117 cm³/mol. The highest BCUT2D eigenvalue weighted by atomic mass is 32.1. The predicted octanol–water partition coefficient (Wildman–Crippen LogP) is 4.13. The minimum Gasteiger partial charge on any atom is -0.321 e. The number of nitrogens with zero attached hydrogens (tertiary/aromatic N) is 4. The van der Waals surface area contributed by atoms with Crippen LogP contribution in [0.15, 0.2) is 60.9 Å². The normalized spacial score (nSPS) is 13.7. The molecule has 2 aromatic heterocycles. The van der Waals surface area contributed by atoms with Crippen LogP contribution in [-0.4, -0.2) is 33.3 Å². The van der Waals surface area contributed by atoms with E-state index >= 15 is 0 Å². The van der Waals surface area contributed by atoms with Crippen LogP contribution in [-0.2, 0) is 4.79 Å². The van der Waals surface area contributed by atoms with Gasteiger partial charge in [-0.15, -0.1) is 11.3 Å². The van der Waals surface area contributed by atoms with Gasteiger partial charge in [-0.2, -0.15) is 0 Å². The van der Waals surface area contributed by atoms with Gasteiger partial charge in [0.1, 0.15) is 10.7 Å². The number of rotatable bonds is 4. The Hall–Kier alpha value is -3.65.